The highest BCUT2D eigenvalue weighted by Crippen LogP contribution is 1.73. The van der Waals surface area contributed by atoms with E-state index in [0.717, 1.165) is 0 Å². The molecule has 0 spiro atoms. The van der Waals surface area contributed by atoms with E-state index in [1.807, 2.05) is 0 Å². The number of amides is 1. The summed E-state index contributed by atoms with van der Waals surface area (Å²) in [5.74, 6) is -1.17. The van der Waals surface area contributed by atoms with Crippen LogP contribution in [0.1, 0.15) is 0 Å². The van der Waals surface area contributed by atoms with Crippen molar-refractivity contribution in [2.24, 2.45) is 22.9 Å². The standard InChI is InChI=1S/C6H13N3O3.C4H10N2O2/c7-3-5(10)9-1-2-12-6(11)4-8;5-1-2-8-4(7)3-6/h1-4,7-8H2,(H,9,10);1-3,5-6H2. The molecule has 0 radical (unpaired) electrons. The van der Waals surface area contributed by atoms with Crippen molar-refractivity contribution in [2.75, 3.05) is 45.9 Å². The lowest BCUT2D eigenvalue weighted by atomic mass is 10.5. The topological polar surface area (TPSA) is 186 Å². The minimum absolute atomic E-state index is 0.0646. The van der Waals surface area contributed by atoms with E-state index in [2.05, 4.69) is 14.8 Å². The van der Waals surface area contributed by atoms with Gasteiger partial charge in [-0.1, -0.05) is 0 Å². The Kier molecular flexibility index (Phi) is 15.7. The summed E-state index contributed by atoms with van der Waals surface area (Å²) in [5, 5.41) is 2.43. The maximum atomic E-state index is 10.5. The van der Waals surface area contributed by atoms with Crippen molar-refractivity contribution in [1.29, 1.82) is 0 Å². The van der Waals surface area contributed by atoms with Gasteiger partial charge in [-0.25, -0.2) is 0 Å². The molecule has 0 aromatic carbocycles. The van der Waals surface area contributed by atoms with Gasteiger partial charge in [0.25, 0.3) is 0 Å². The van der Waals surface area contributed by atoms with Crippen LogP contribution in [0.2, 0.25) is 0 Å². The Hall–Kier alpha value is -1.75. The first-order valence-electron chi connectivity index (χ1n) is 5.90. The van der Waals surface area contributed by atoms with Crippen LogP contribution in [0.5, 0.6) is 0 Å². The van der Waals surface area contributed by atoms with Gasteiger partial charge >= 0.3 is 11.9 Å². The second kappa shape index (κ2) is 15.3. The van der Waals surface area contributed by atoms with E-state index in [9.17, 15) is 14.4 Å². The van der Waals surface area contributed by atoms with Crippen LogP contribution in [0.15, 0.2) is 0 Å². The van der Waals surface area contributed by atoms with Crippen LogP contribution in [0.3, 0.4) is 0 Å². The third-order valence-electron chi connectivity index (χ3n) is 1.59. The average Bonchev–Trinajstić information content (AvgIpc) is 2.48. The van der Waals surface area contributed by atoms with Crippen molar-refractivity contribution >= 4 is 17.8 Å². The molecule has 0 aromatic heterocycles. The summed E-state index contributed by atoms with van der Waals surface area (Å²) in [6, 6.07) is 0. The van der Waals surface area contributed by atoms with Crippen LogP contribution in [0.25, 0.3) is 0 Å². The summed E-state index contributed by atoms with van der Waals surface area (Å²) < 4.78 is 9.02. The van der Waals surface area contributed by atoms with E-state index in [4.69, 9.17) is 22.9 Å². The lowest BCUT2D eigenvalue weighted by Crippen LogP contribution is -2.33. The molecule has 10 heteroatoms. The van der Waals surface area contributed by atoms with Gasteiger partial charge in [0.15, 0.2) is 0 Å². The van der Waals surface area contributed by atoms with Gasteiger partial charge in [-0.05, 0) is 0 Å². The summed E-state index contributed by atoms with van der Waals surface area (Å²) in [6.45, 7) is 0.723. The fraction of sp³-hybridized carbons (Fsp3) is 0.700. The summed E-state index contributed by atoms with van der Waals surface area (Å²) in [4.78, 5) is 31.1. The van der Waals surface area contributed by atoms with E-state index in [0.29, 0.717) is 6.54 Å². The number of carbonyl (C=O) groups excluding carboxylic acids is 3. The Labute approximate surface area is 117 Å². The van der Waals surface area contributed by atoms with Crippen LogP contribution < -0.4 is 28.3 Å². The third kappa shape index (κ3) is 16.2. The molecule has 0 aliphatic carbocycles. The Balaban J connectivity index is 0. The predicted molar refractivity (Wildman–Crippen MR) is 71.1 cm³/mol. The molecule has 0 aromatic rings. The number of hydrogen-bond acceptors (Lipinski definition) is 9. The SMILES string of the molecule is NCC(=O)NCCOC(=O)CN.NCCOC(=O)CN. The molecule has 9 N–H and O–H groups in total. The number of rotatable bonds is 8. The number of ether oxygens (including phenoxy) is 2. The van der Waals surface area contributed by atoms with Gasteiger partial charge in [-0.15, -0.1) is 0 Å². The van der Waals surface area contributed by atoms with Crippen LogP contribution in [-0.2, 0) is 23.9 Å². The van der Waals surface area contributed by atoms with Crippen molar-refractivity contribution in [3.63, 3.8) is 0 Å². The largest absolute Gasteiger partial charge is 0.463 e. The fourth-order valence-electron chi connectivity index (χ4n) is 0.718. The highest BCUT2D eigenvalue weighted by molar-refractivity contribution is 5.77. The van der Waals surface area contributed by atoms with Gasteiger partial charge in [0.2, 0.25) is 5.91 Å². The Morgan fingerprint density at radius 2 is 1.30 bits per heavy atom. The average molecular weight is 293 g/mol. The van der Waals surface area contributed by atoms with E-state index in [1.54, 1.807) is 0 Å². The van der Waals surface area contributed by atoms with Crippen molar-refractivity contribution in [3.8, 4) is 0 Å². The molecule has 0 heterocycles. The molecule has 20 heavy (non-hydrogen) atoms. The molecule has 0 atom stereocenters. The maximum Gasteiger partial charge on any atom is 0.319 e. The van der Waals surface area contributed by atoms with Gasteiger partial charge in [0.1, 0.15) is 13.2 Å². The summed E-state index contributed by atoms with van der Waals surface area (Å²) >= 11 is 0. The molecule has 0 saturated carbocycles. The van der Waals surface area contributed by atoms with Crippen LogP contribution in [-0.4, -0.2) is 63.8 Å². The summed E-state index contributed by atoms with van der Waals surface area (Å²) in [6.07, 6.45) is 0. The normalized spacial score (nSPS) is 9.00. The van der Waals surface area contributed by atoms with Crippen molar-refractivity contribution in [2.45, 2.75) is 0 Å². The molecule has 0 rings (SSSR count). The molecule has 118 valence electrons. The van der Waals surface area contributed by atoms with Gasteiger partial charge in [0.05, 0.1) is 26.2 Å². The smallest absolute Gasteiger partial charge is 0.319 e. The predicted octanol–water partition coefficient (Wildman–Crippen LogP) is -3.99. The van der Waals surface area contributed by atoms with Crippen molar-refractivity contribution in [3.05, 3.63) is 0 Å². The van der Waals surface area contributed by atoms with E-state index in [1.165, 1.54) is 0 Å². The molecular formula is C10H23N5O5. The molecule has 10 nitrogen and oxygen atoms in total. The number of hydrogen-bond donors (Lipinski definition) is 5. The summed E-state index contributed by atoms with van der Waals surface area (Å²) in [5.41, 5.74) is 19.9. The number of carbonyl (C=O) groups is 3. The molecular weight excluding hydrogens is 270 g/mol. The quantitative estimate of drug-likeness (QED) is 0.219. The zero-order chi connectivity index (χ0) is 15.8. The Morgan fingerprint density at radius 1 is 0.800 bits per heavy atom. The van der Waals surface area contributed by atoms with Crippen LogP contribution in [0, 0.1) is 0 Å². The molecule has 0 saturated heterocycles. The van der Waals surface area contributed by atoms with E-state index >= 15 is 0 Å². The van der Waals surface area contributed by atoms with Gasteiger partial charge in [-0.2, -0.15) is 0 Å². The second-order valence-corrected chi connectivity index (χ2v) is 3.19. The lowest BCUT2D eigenvalue weighted by molar-refractivity contribution is -0.142. The number of esters is 2. The first-order valence-corrected chi connectivity index (χ1v) is 5.90. The Morgan fingerprint density at radius 3 is 1.70 bits per heavy atom. The highest BCUT2D eigenvalue weighted by Gasteiger charge is 1.99. The van der Waals surface area contributed by atoms with Crippen LogP contribution in [0.4, 0.5) is 0 Å². The zero-order valence-corrected chi connectivity index (χ0v) is 11.3. The zero-order valence-electron chi connectivity index (χ0n) is 11.3. The number of nitrogens with one attached hydrogen (secondary N) is 1. The van der Waals surface area contributed by atoms with Crippen LogP contribution >= 0.6 is 0 Å². The molecule has 0 bridgehead atoms. The van der Waals surface area contributed by atoms with Gasteiger partial charge < -0.3 is 37.7 Å². The summed E-state index contributed by atoms with van der Waals surface area (Å²) in [7, 11) is 0. The molecule has 0 unspecified atom stereocenters. The maximum absolute atomic E-state index is 10.5. The first-order chi connectivity index (χ1) is 9.51. The lowest BCUT2D eigenvalue weighted by Gasteiger charge is -2.03. The van der Waals surface area contributed by atoms with Gasteiger partial charge in [0, 0.05) is 6.54 Å². The molecule has 0 aliphatic heterocycles. The van der Waals surface area contributed by atoms with E-state index in [-0.39, 0.29) is 45.3 Å². The number of nitrogens with two attached hydrogens (primary N) is 4. The minimum atomic E-state index is -0.489. The fourth-order valence-corrected chi connectivity index (χ4v) is 0.718. The molecule has 0 fully saturated rings. The highest BCUT2D eigenvalue weighted by atomic mass is 16.5. The Bertz CT molecular complexity index is 269. The molecule has 0 aliphatic rings. The van der Waals surface area contributed by atoms with Crippen molar-refractivity contribution in [1.82, 2.24) is 5.32 Å². The first kappa shape index (κ1) is 20.6. The third-order valence-corrected chi connectivity index (χ3v) is 1.59. The van der Waals surface area contributed by atoms with Crippen molar-refractivity contribution < 1.29 is 23.9 Å². The second-order valence-electron chi connectivity index (χ2n) is 3.19. The monoisotopic (exact) mass is 293 g/mol. The van der Waals surface area contributed by atoms with Gasteiger partial charge in [-0.3, -0.25) is 14.4 Å². The van der Waals surface area contributed by atoms with E-state index < -0.39 is 11.9 Å². The molecule has 1 amide bonds. The minimum Gasteiger partial charge on any atom is -0.463 e.